The van der Waals surface area contributed by atoms with Gasteiger partial charge in [-0.05, 0) is 36.4 Å². The molecule has 0 aliphatic carbocycles. The van der Waals surface area contributed by atoms with E-state index in [0.29, 0.717) is 5.69 Å². The van der Waals surface area contributed by atoms with Crippen molar-refractivity contribution >= 4 is 15.9 Å². The van der Waals surface area contributed by atoms with Gasteiger partial charge in [-0.2, -0.15) is 5.10 Å². The molecule has 0 aliphatic rings. The first kappa shape index (κ1) is 16.8. The normalized spacial score (nSPS) is 11.2. The van der Waals surface area contributed by atoms with Gasteiger partial charge in [-0.1, -0.05) is 18.2 Å². The third kappa shape index (κ3) is 3.90. The van der Waals surface area contributed by atoms with Gasteiger partial charge in [0.15, 0.2) is 0 Å². The Labute approximate surface area is 143 Å². The van der Waals surface area contributed by atoms with Crippen LogP contribution in [0.25, 0.3) is 5.69 Å². The average Bonchev–Trinajstić information content (AvgIpc) is 3.12. The predicted octanol–water partition coefficient (Wildman–Crippen LogP) is 1.63. The molecule has 0 spiro atoms. The third-order valence-corrected chi connectivity index (χ3v) is 4.50. The maximum absolute atomic E-state index is 12.8. The number of hydrogen-bond donors (Lipinski definition) is 2. The summed E-state index contributed by atoms with van der Waals surface area (Å²) in [5.41, 5.74) is 2.88. The number of carbonyl (C=O) groups is 1. The van der Waals surface area contributed by atoms with E-state index >= 15 is 0 Å². The van der Waals surface area contributed by atoms with E-state index in [9.17, 15) is 17.6 Å². The Morgan fingerprint density at radius 3 is 2.40 bits per heavy atom. The van der Waals surface area contributed by atoms with Crippen molar-refractivity contribution in [3.63, 3.8) is 0 Å². The molecule has 2 aromatic carbocycles. The van der Waals surface area contributed by atoms with Crippen molar-refractivity contribution in [3.8, 4) is 5.69 Å². The fraction of sp³-hybridized carbons (Fsp3) is 0. The number of benzene rings is 2. The lowest BCUT2D eigenvalue weighted by Gasteiger charge is -2.07. The van der Waals surface area contributed by atoms with Crippen molar-refractivity contribution in [2.24, 2.45) is 0 Å². The predicted molar refractivity (Wildman–Crippen MR) is 87.8 cm³/mol. The van der Waals surface area contributed by atoms with Crippen LogP contribution in [-0.4, -0.2) is 24.1 Å². The Kier molecular flexibility index (Phi) is 4.59. The molecule has 0 unspecified atom stereocenters. The Morgan fingerprint density at radius 2 is 1.72 bits per heavy atom. The molecule has 7 nitrogen and oxygen atoms in total. The maximum Gasteiger partial charge on any atom is 0.266 e. The number of para-hydroxylation sites is 1. The largest absolute Gasteiger partial charge is 0.273 e. The number of amides is 1. The molecule has 1 aromatic heterocycles. The molecule has 1 amide bonds. The number of carbonyl (C=O) groups excluding carboxylic acids is 1. The summed E-state index contributed by atoms with van der Waals surface area (Å²) in [6.07, 6.45) is 2.49. The van der Waals surface area contributed by atoms with Crippen LogP contribution in [0.2, 0.25) is 0 Å². The van der Waals surface area contributed by atoms with E-state index in [2.05, 4.69) is 10.5 Å². The average molecular weight is 360 g/mol. The number of hydrazine groups is 1. The van der Waals surface area contributed by atoms with Gasteiger partial charge in [-0.15, -0.1) is 4.83 Å². The zero-order valence-electron chi connectivity index (χ0n) is 12.8. The Balaban J connectivity index is 1.71. The van der Waals surface area contributed by atoms with Gasteiger partial charge in [0.05, 0.1) is 18.1 Å². The highest BCUT2D eigenvalue weighted by Gasteiger charge is 2.18. The molecule has 0 saturated carbocycles. The van der Waals surface area contributed by atoms with Gasteiger partial charge in [0.25, 0.3) is 15.9 Å². The van der Waals surface area contributed by atoms with E-state index < -0.39 is 21.7 Å². The highest BCUT2D eigenvalue weighted by molar-refractivity contribution is 7.89. The van der Waals surface area contributed by atoms with E-state index in [4.69, 9.17) is 0 Å². The van der Waals surface area contributed by atoms with E-state index in [1.54, 1.807) is 24.3 Å². The summed E-state index contributed by atoms with van der Waals surface area (Å²) in [6.45, 7) is 0. The van der Waals surface area contributed by atoms with E-state index in [1.807, 2.05) is 10.9 Å². The molecule has 3 rings (SSSR count). The van der Waals surface area contributed by atoms with Crippen LogP contribution in [0.3, 0.4) is 0 Å². The highest BCUT2D eigenvalue weighted by atomic mass is 32.2. The number of nitrogens with one attached hydrogen (secondary N) is 2. The van der Waals surface area contributed by atoms with Crippen LogP contribution in [0.5, 0.6) is 0 Å². The molecular formula is C16H13FN4O3S. The molecule has 9 heteroatoms. The van der Waals surface area contributed by atoms with Crippen LogP contribution in [0.4, 0.5) is 4.39 Å². The van der Waals surface area contributed by atoms with E-state index in [1.165, 1.54) is 29.2 Å². The van der Waals surface area contributed by atoms with Crippen LogP contribution < -0.4 is 10.3 Å². The number of rotatable bonds is 5. The van der Waals surface area contributed by atoms with Gasteiger partial charge in [0.1, 0.15) is 10.7 Å². The molecule has 3 aromatic rings. The minimum atomic E-state index is -4.00. The summed E-state index contributed by atoms with van der Waals surface area (Å²) in [7, 11) is -4.00. The fourth-order valence-electron chi connectivity index (χ4n) is 2.01. The molecule has 0 bridgehead atoms. The molecule has 2 N–H and O–H groups in total. The Morgan fingerprint density at radius 1 is 1.04 bits per heavy atom. The summed E-state index contributed by atoms with van der Waals surface area (Å²) in [4.78, 5) is 13.7. The van der Waals surface area contributed by atoms with E-state index in [-0.39, 0.29) is 10.5 Å². The molecule has 0 radical (unpaired) electrons. The first-order valence-electron chi connectivity index (χ1n) is 7.13. The lowest BCUT2D eigenvalue weighted by Crippen LogP contribution is -2.41. The topological polar surface area (TPSA) is 93.1 Å². The minimum Gasteiger partial charge on any atom is -0.273 e. The highest BCUT2D eigenvalue weighted by Crippen LogP contribution is 2.11. The van der Waals surface area contributed by atoms with Gasteiger partial charge >= 0.3 is 0 Å². The Hall–Kier alpha value is -3.04. The first-order chi connectivity index (χ1) is 12.0. The van der Waals surface area contributed by atoms with Crippen LogP contribution in [0.1, 0.15) is 10.4 Å². The van der Waals surface area contributed by atoms with Gasteiger partial charge in [0, 0.05) is 5.56 Å². The molecule has 128 valence electrons. The number of nitrogens with zero attached hydrogens (tertiary/aromatic N) is 2. The first-order valence-corrected chi connectivity index (χ1v) is 8.62. The van der Waals surface area contributed by atoms with Crippen LogP contribution >= 0.6 is 0 Å². The van der Waals surface area contributed by atoms with Gasteiger partial charge in [-0.3, -0.25) is 10.2 Å². The molecule has 25 heavy (non-hydrogen) atoms. The van der Waals surface area contributed by atoms with Crippen LogP contribution in [-0.2, 0) is 10.0 Å². The number of halogens is 1. The molecule has 0 saturated heterocycles. The third-order valence-electron chi connectivity index (χ3n) is 3.30. The van der Waals surface area contributed by atoms with Crippen molar-refractivity contribution in [2.75, 3.05) is 0 Å². The van der Waals surface area contributed by atoms with E-state index in [0.717, 1.165) is 12.1 Å². The molecular weight excluding hydrogens is 347 g/mol. The molecule has 0 atom stereocenters. The minimum absolute atomic E-state index is 0.115. The standard InChI is InChI=1S/C16H13FN4O3S/c17-13-8-6-12(7-9-13)16(22)19-20-25(23,24)15-10-18-21(11-15)14-4-2-1-3-5-14/h1-11,20H,(H,19,22). The lowest BCUT2D eigenvalue weighted by molar-refractivity contribution is 0.0945. The van der Waals surface area contributed by atoms with Crippen LogP contribution in [0, 0.1) is 5.82 Å². The summed E-state index contributed by atoms with van der Waals surface area (Å²) in [6, 6.07) is 13.7. The van der Waals surface area contributed by atoms with Crippen molar-refractivity contribution in [1.82, 2.24) is 20.0 Å². The van der Waals surface area contributed by atoms with Crippen molar-refractivity contribution in [3.05, 3.63) is 78.4 Å². The molecule has 1 heterocycles. The Bertz CT molecular complexity index is 986. The zero-order chi connectivity index (χ0) is 17.9. The quantitative estimate of drug-likeness (QED) is 0.677. The van der Waals surface area contributed by atoms with Crippen LogP contribution in [0.15, 0.2) is 71.9 Å². The summed E-state index contributed by atoms with van der Waals surface area (Å²) < 4.78 is 38.7. The monoisotopic (exact) mass is 360 g/mol. The second-order valence-electron chi connectivity index (χ2n) is 5.02. The van der Waals surface area contributed by atoms with Crippen molar-refractivity contribution < 1.29 is 17.6 Å². The number of hydrogen-bond acceptors (Lipinski definition) is 4. The number of aromatic nitrogens is 2. The molecule has 0 fully saturated rings. The maximum atomic E-state index is 12.8. The fourth-order valence-corrected chi connectivity index (χ4v) is 2.78. The van der Waals surface area contributed by atoms with Gasteiger partial charge in [-0.25, -0.2) is 17.5 Å². The van der Waals surface area contributed by atoms with Crippen molar-refractivity contribution in [2.45, 2.75) is 4.90 Å². The summed E-state index contributed by atoms with van der Waals surface area (Å²) in [5, 5.41) is 3.99. The molecule has 0 aliphatic heterocycles. The second kappa shape index (κ2) is 6.83. The summed E-state index contributed by atoms with van der Waals surface area (Å²) >= 11 is 0. The van der Waals surface area contributed by atoms with Gasteiger partial charge in [0.2, 0.25) is 0 Å². The number of sulfonamides is 1. The lowest BCUT2D eigenvalue weighted by atomic mass is 10.2. The zero-order valence-corrected chi connectivity index (χ0v) is 13.6. The SMILES string of the molecule is O=C(NNS(=O)(=O)c1cnn(-c2ccccc2)c1)c1ccc(F)cc1. The smallest absolute Gasteiger partial charge is 0.266 e. The van der Waals surface area contributed by atoms with Crippen molar-refractivity contribution in [1.29, 1.82) is 0 Å². The van der Waals surface area contributed by atoms with Gasteiger partial charge < -0.3 is 0 Å². The summed E-state index contributed by atoms with van der Waals surface area (Å²) in [5.74, 6) is -1.20. The second-order valence-corrected chi connectivity index (χ2v) is 6.71.